The number of aromatic nitrogens is 2. The van der Waals surface area contributed by atoms with E-state index in [9.17, 15) is 9.90 Å². The molecule has 0 aliphatic heterocycles. The number of aliphatic hydroxyl groups excluding tert-OH is 1. The van der Waals surface area contributed by atoms with Crippen LogP contribution in [-0.2, 0) is 0 Å². The number of carbonyl (C=O) groups is 1. The van der Waals surface area contributed by atoms with E-state index in [0.29, 0.717) is 17.9 Å². The minimum Gasteiger partial charge on any atom is -0.394 e. The third-order valence-electron chi connectivity index (χ3n) is 3.51. The molecule has 23 heavy (non-hydrogen) atoms. The summed E-state index contributed by atoms with van der Waals surface area (Å²) in [7, 11) is 0. The Hall–Kier alpha value is -2.47. The van der Waals surface area contributed by atoms with Crippen LogP contribution >= 0.6 is 0 Å². The Labute approximate surface area is 136 Å². The van der Waals surface area contributed by atoms with Gasteiger partial charge < -0.3 is 15.7 Å². The number of anilines is 1. The van der Waals surface area contributed by atoms with Gasteiger partial charge in [-0.05, 0) is 13.3 Å². The van der Waals surface area contributed by atoms with Crippen LogP contribution in [0.25, 0.3) is 11.4 Å². The van der Waals surface area contributed by atoms with Crippen molar-refractivity contribution in [3.8, 4) is 11.4 Å². The number of nitrogens with one attached hydrogen (secondary N) is 2. The largest absolute Gasteiger partial charge is 0.394 e. The van der Waals surface area contributed by atoms with E-state index >= 15 is 0 Å². The van der Waals surface area contributed by atoms with Gasteiger partial charge in [-0.15, -0.1) is 0 Å². The van der Waals surface area contributed by atoms with E-state index in [-0.39, 0.29) is 12.6 Å². The zero-order valence-corrected chi connectivity index (χ0v) is 13.4. The predicted octanol–water partition coefficient (Wildman–Crippen LogP) is 2.82. The molecule has 6 heteroatoms. The molecule has 1 unspecified atom stereocenters. The molecule has 0 saturated heterocycles. The number of amides is 2. The zero-order valence-electron chi connectivity index (χ0n) is 13.4. The molecule has 0 spiro atoms. The molecule has 3 N–H and O–H groups in total. The molecule has 0 aliphatic rings. The monoisotopic (exact) mass is 314 g/mol. The fourth-order valence-corrected chi connectivity index (χ4v) is 2.30. The van der Waals surface area contributed by atoms with E-state index in [4.69, 9.17) is 0 Å². The van der Waals surface area contributed by atoms with Crippen LogP contribution in [0.5, 0.6) is 0 Å². The Morgan fingerprint density at radius 1 is 1.22 bits per heavy atom. The molecule has 0 bridgehead atoms. The Morgan fingerprint density at radius 3 is 2.43 bits per heavy atom. The van der Waals surface area contributed by atoms with Crippen LogP contribution in [0.3, 0.4) is 0 Å². The van der Waals surface area contributed by atoms with E-state index in [1.165, 1.54) is 0 Å². The fourth-order valence-electron chi connectivity index (χ4n) is 2.30. The van der Waals surface area contributed by atoms with Crippen molar-refractivity contribution in [3.63, 3.8) is 0 Å². The van der Waals surface area contributed by atoms with Gasteiger partial charge in [-0.2, -0.15) is 0 Å². The first-order chi connectivity index (χ1) is 11.1. The summed E-state index contributed by atoms with van der Waals surface area (Å²) < 4.78 is 0. The Morgan fingerprint density at radius 2 is 1.87 bits per heavy atom. The number of rotatable bonds is 6. The molecule has 0 fully saturated rings. The van der Waals surface area contributed by atoms with Gasteiger partial charge in [0, 0.05) is 5.56 Å². The van der Waals surface area contributed by atoms with Gasteiger partial charge in [0.05, 0.1) is 30.2 Å². The number of benzene rings is 1. The molecule has 2 aromatic rings. The van der Waals surface area contributed by atoms with Gasteiger partial charge in [-0.25, -0.2) is 14.8 Å². The summed E-state index contributed by atoms with van der Waals surface area (Å²) in [6.45, 7) is 3.70. The van der Waals surface area contributed by atoms with Crippen molar-refractivity contribution >= 4 is 11.7 Å². The van der Waals surface area contributed by atoms with E-state index in [2.05, 4.69) is 20.6 Å². The van der Waals surface area contributed by atoms with Crippen molar-refractivity contribution in [1.82, 2.24) is 15.3 Å². The molecule has 122 valence electrons. The third-order valence-corrected chi connectivity index (χ3v) is 3.51. The molecule has 1 heterocycles. The van der Waals surface area contributed by atoms with Crippen molar-refractivity contribution in [3.05, 3.63) is 42.7 Å². The van der Waals surface area contributed by atoms with Crippen LogP contribution in [0.15, 0.2) is 42.7 Å². The summed E-state index contributed by atoms with van der Waals surface area (Å²) in [5.74, 6) is 0.600. The molecule has 6 nitrogen and oxygen atoms in total. The quantitative estimate of drug-likeness (QED) is 0.765. The number of hydrogen-bond donors (Lipinski definition) is 3. The van der Waals surface area contributed by atoms with Crippen LogP contribution in [0.4, 0.5) is 10.5 Å². The van der Waals surface area contributed by atoms with Crippen LogP contribution < -0.4 is 10.6 Å². The maximum absolute atomic E-state index is 12.0. The maximum Gasteiger partial charge on any atom is 0.319 e. The van der Waals surface area contributed by atoms with Gasteiger partial charge in [-0.1, -0.05) is 43.7 Å². The fraction of sp³-hybridized carbons (Fsp3) is 0.353. The number of carbonyl (C=O) groups excluding carboxylic acids is 1. The smallest absolute Gasteiger partial charge is 0.319 e. The van der Waals surface area contributed by atoms with Crippen molar-refractivity contribution in [2.75, 3.05) is 11.9 Å². The summed E-state index contributed by atoms with van der Waals surface area (Å²) in [6, 6.07) is 9.23. The van der Waals surface area contributed by atoms with Crippen LogP contribution in [0.1, 0.15) is 26.7 Å². The molecule has 0 aliphatic carbocycles. The molecule has 1 aromatic carbocycles. The van der Waals surface area contributed by atoms with Gasteiger partial charge in [0.2, 0.25) is 0 Å². The zero-order chi connectivity index (χ0) is 16.7. The summed E-state index contributed by atoms with van der Waals surface area (Å²) in [4.78, 5) is 20.5. The number of nitrogens with zero attached hydrogens (tertiary/aromatic N) is 2. The minimum atomic E-state index is -0.635. The van der Waals surface area contributed by atoms with E-state index in [1.807, 2.05) is 44.2 Å². The van der Waals surface area contributed by atoms with Gasteiger partial charge >= 0.3 is 6.03 Å². The highest BCUT2D eigenvalue weighted by molar-refractivity contribution is 5.89. The molecule has 2 amide bonds. The van der Waals surface area contributed by atoms with Gasteiger partial charge in [0.15, 0.2) is 5.82 Å². The summed E-state index contributed by atoms with van der Waals surface area (Å²) in [6.07, 6.45) is 4.68. The van der Waals surface area contributed by atoms with Gasteiger partial charge in [0.25, 0.3) is 0 Å². The van der Waals surface area contributed by atoms with Crippen LogP contribution in [0.2, 0.25) is 0 Å². The summed E-state index contributed by atoms with van der Waals surface area (Å²) in [5.41, 5.74) is 0.780. The topological polar surface area (TPSA) is 87.1 Å². The lowest BCUT2D eigenvalue weighted by Gasteiger charge is -2.28. The number of hydrogen-bond acceptors (Lipinski definition) is 4. The van der Waals surface area contributed by atoms with Crippen LogP contribution in [-0.4, -0.2) is 33.3 Å². The predicted molar refractivity (Wildman–Crippen MR) is 90.0 cm³/mol. The summed E-state index contributed by atoms with van der Waals surface area (Å²) in [5, 5.41) is 14.9. The number of aliphatic hydroxyl groups is 1. The van der Waals surface area contributed by atoms with E-state index in [1.54, 1.807) is 12.4 Å². The molecule has 2 rings (SSSR count). The average molecular weight is 314 g/mol. The highest BCUT2D eigenvalue weighted by atomic mass is 16.3. The first-order valence-electron chi connectivity index (χ1n) is 7.64. The Kier molecular flexibility index (Phi) is 5.65. The highest BCUT2D eigenvalue weighted by Crippen LogP contribution is 2.15. The highest BCUT2D eigenvalue weighted by Gasteiger charge is 2.24. The molecule has 1 atom stereocenters. The van der Waals surface area contributed by atoms with Crippen molar-refractivity contribution in [2.24, 2.45) is 0 Å². The second-order valence-electron chi connectivity index (χ2n) is 5.71. The molecule has 0 saturated carbocycles. The Balaban J connectivity index is 1.99. The third kappa shape index (κ3) is 4.75. The second kappa shape index (κ2) is 7.69. The minimum absolute atomic E-state index is 0.113. The molecular formula is C17H22N4O2. The number of urea groups is 1. The summed E-state index contributed by atoms with van der Waals surface area (Å²) >= 11 is 0. The Bertz CT molecular complexity index is 631. The van der Waals surface area contributed by atoms with Gasteiger partial charge in [-0.3, -0.25) is 0 Å². The molecule has 1 aromatic heterocycles. The average Bonchev–Trinajstić information content (AvgIpc) is 2.56. The van der Waals surface area contributed by atoms with Gasteiger partial charge in [0.1, 0.15) is 0 Å². The first-order valence-corrected chi connectivity index (χ1v) is 7.64. The van der Waals surface area contributed by atoms with Crippen molar-refractivity contribution < 1.29 is 9.90 Å². The van der Waals surface area contributed by atoms with E-state index < -0.39 is 5.54 Å². The standard InChI is InChI=1S/C17H22N4O2/c1-3-9-17(2,12-22)21-16(23)20-14-10-18-15(19-11-14)13-7-5-4-6-8-13/h4-8,10-11,22H,3,9,12H2,1-2H3,(H2,20,21,23). The van der Waals surface area contributed by atoms with Crippen molar-refractivity contribution in [1.29, 1.82) is 0 Å². The lowest BCUT2D eigenvalue weighted by Crippen LogP contribution is -2.50. The van der Waals surface area contributed by atoms with Crippen LogP contribution in [0, 0.1) is 0 Å². The van der Waals surface area contributed by atoms with Crippen molar-refractivity contribution in [2.45, 2.75) is 32.2 Å². The molecular weight excluding hydrogens is 292 g/mol. The first kappa shape index (κ1) is 16.9. The molecule has 0 radical (unpaired) electrons. The SMILES string of the molecule is CCCC(C)(CO)NC(=O)Nc1cnc(-c2ccccc2)nc1. The lowest BCUT2D eigenvalue weighted by molar-refractivity contribution is 0.167. The maximum atomic E-state index is 12.0. The van der Waals surface area contributed by atoms with E-state index in [0.717, 1.165) is 12.0 Å². The second-order valence-corrected chi connectivity index (χ2v) is 5.71. The lowest BCUT2D eigenvalue weighted by atomic mass is 9.98. The normalized spacial score (nSPS) is 13.2.